The van der Waals surface area contributed by atoms with Gasteiger partial charge < -0.3 is 10.1 Å². The molecule has 0 fully saturated rings. The normalized spacial score (nSPS) is 12.9. The van der Waals surface area contributed by atoms with Crippen LogP contribution in [0.15, 0.2) is 24.3 Å². The molecular weight excluding hydrogens is 254 g/mol. The van der Waals surface area contributed by atoms with Gasteiger partial charge in [0.05, 0.1) is 0 Å². The zero-order valence-corrected chi connectivity index (χ0v) is 9.42. The summed E-state index contributed by atoms with van der Waals surface area (Å²) in [5.41, 5.74) is 0. The molecule has 7 heteroatoms. The molecule has 0 aliphatic rings. The van der Waals surface area contributed by atoms with Gasteiger partial charge in [-0.2, -0.15) is 13.2 Å². The van der Waals surface area contributed by atoms with Crippen molar-refractivity contribution in [2.45, 2.75) is 19.2 Å². The molecule has 0 aliphatic heterocycles. The lowest BCUT2D eigenvalue weighted by molar-refractivity contribution is -0.142. The monoisotopic (exact) mass is 265 g/mol. The van der Waals surface area contributed by atoms with E-state index in [1.54, 1.807) is 5.32 Å². The second kappa shape index (κ2) is 5.70. The molecule has 0 aliphatic carbocycles. The molecule has 1 amide bonds. The van der Waals surface area contributed by atoms with Gasteiger partial charge in [0.25, 0.3) is 5.91 Å². The van der Waals surface area contributed by atoms with Crippen molar-refractivity contribution in [3.05, 3.63) is 30.1 Å². The van der Waals surface area contributed by atoms with Crippen LogP contribution in [0.2, 0.25) is 0 Å². The first-order valence-electron chi connectivity index (χ1n) is 5.05. The van der Waals surface area contributed by atoms with Crippen molar-refractivity contribution in [1.82, 2.24) is 5.32 Å². The number of rotatable bonds is 4. The summed E-state index contributed by atoms with van der Waals surface area (Å²) in [5, 5.41) is 1.65. The van der Waals surface area contributed by atoms with Crippen molar-refractivity contribution in [1.29, 1.82) is 0 Å². The molecule has 0 heterocycles. The maximum atomic E-state index is 13.2. The highest BCUT2D eigenvalue weighted by Gasteiger charge is 2.29. The number of halogens is 4. The average molecular weight is 265 g/mol. The number of benzene rings is 1. The van der Waals surface area contributed by atoms with E-state index in [1.165, 1.54) is 25.1 Å². The maximum Gasteiger partial charge on any atom is 0.405 e. The Labute approximate surface area is 101 Å². The lowest BCUT2D eigenvalue weighted by Gasteiger charge is -2.15. The molecule has 0 bridgehead atoms. The Morgan fingerprint density at radius 2 is 2.00 bits per heavy atom. The number of para-hydroxylation sites is 1. The molecule has 1 N–H and O–H groups in total. The van der Waals surface area contributed by atoms with E-state index in [-0.39, 0.29) is 5.75 Å². The van der Waals surface area contributed by atoms with Crippen LogP contribution < -0.4 is 10.1 Å². The Balaban J connectivity index is 2.53. The minimum atomic E-state index is -4.49. The predicted molar refractivity (Wildman–Crippen MR) is 55.6 cm³/mol. The van der Waals surface area contributed by atoms with Crippen LogP contribution in [0.1, 0.15) is 6.92 Å². The van der Waals surface area contributed by atoms with Crippen LogP contribution in [-0.2, 0) is 4.79 Å². The van der Waals surface area contributed by atoms with Crippen molar-refractivity contribution < 1.29 is 27.1 Å². The third kappa shape index (κ3) is 4.60. The molecule has 1 aromatic rings. The van der Waals surface area contributed by atoms with E-state index in [4.69, 9.17) is 4.74 Å². The summed E-state index contributed by atoms with van der Waals surface area (Å²) in [6, 6.07) is 5.31. The van der Waals surface area contributed by atoms with Gasteiger partial charge in [-0.1, -0.05) is 12.1 Å². The zero-order valence-electron chi connectivity index (χ0n) is 9.42. The molecule has 100 valence electrons. The van der Waals surface area contributed by atoms with E-state index >= 15 is 0 Å². The molecule has 0 spiro atoms. The topological polar surface area (TPSA) is 38.3 Å². The fourth-order valence-electron chi connectivity index (χ4n) is 1.12. The summed E-state index contributed by atoms with van der Waals surface area (Å²) in [5.74, 6) is -1.84. The number of carbonyl (C=O) groups excluding carboxylic acids is 1. The molecule has 0 unspecified atom stereocenters. The highest BCUT2D eigenvalue weighted by Crippen LogP contribution is 2.17. The van der Waals surface area contributed by atoms with Crippen LogP contribution in [0, 0.1) is 5.82 Å². The van der Waals surface area contributed by atoms with Crippen molar-refractivity contribution in [2.75, 3.05) is 6.54 Å². The Hall–Kier alpha value is -1.79. The fraction of sp³-hybridized carbons (Fsp3) is 0.364. The Morgan fingerprint density at radius 1 is 1.39 bits per heavy atom. The quantitative estimate of drug-likeness (QED) is 0.848. The largest absolute Gasteiger partial charge is 0.478 e. The molecule has 0 aromatic heterocycles. The predicted octanol–water partition coefficient (Wildman–Crippen LogP) is 2.27. The first kappa shape index (κ1) is 14.3. The third-order valence-electron chi connectivity index (χ3n) is 1.97. The smallest absolute Gasteiger partial charge is 0.405 e. The lowest BCUT2D eigenvalue weighted by atomic mass is 10.3. The number of carbonyl (C=O) groups is 1. The molecule has 1 atom stereocenters. The Bertz CT molecular complexity index is 420. The number of amides is 1. The highest BCUT2D eigenvalue weighted by atomic mass is 19.4. The van der Waals surface area contributed by atoms with Crippen molar-refractivity contribution >= 4 is 5.91 Å². The van der Waals surface area contributed by atoms with E-state index in [9.17, 15) is 22.4 Å². The first-order chi connectivity index (χ1) is 8.29. The van der Waals surface area contributed by atoms with E-state index in [2.05, 4.69) is 0 Å². The average Bonchev–Trinajstić information content (AvgIpc) is 2.28. The van der Waals surface area contributed by atoms with Gasteiger partial charge in [-0.05, 0) is 19.1 Å². The summed E-state index contributed by atoms with van der Waals surface area (Å²) in [6.45, 7) is -0.213. The molecule has 0 saturated heterocycles. The minimum absolute atomic E-state index is 0.188. The van der Waals surface area contributed by atoms with Gasteiger partial charge in [0, 0.05) is 0 Å². The number of hydrogen-bond donors (Lipinski definition) is 1. The number of ether oxygens (including phenoxy) is 1. The summed E-state index contributed by atoms with van der Waals surface area (Å²) in [4.78, 5) is 11.2. The van der Waals surface area contributed by atoms with E-state index in [0.717, 1.165) is 6.07 Å². The van der Waals surface area contributed by atoms with E-state index in [1.807, 2.05) is 0 Å². The van der Waals surface area contributed by atoms with Gasteiger partial charge in [0.1, 0.15) is 6.54 Å². The lowest BCUT2D eigenvalue weighted by Crippen LogP contribution is -2.41. The van der Waals surface area contributed by atoms with Crippen molar-refractivity contribution in [3.63, 3.8) is 0 Å². The third-order valence-corrected chi connectivity index (χ3v) is 1.97. The van der Waals surface area contributed by atoms with Crippen LogP contribution in [0.25, 0.3) is 0 Å². The Morgan fingerprint density at radius 3 is 2.56 bits per heavy atom. The zero-order chi connectivity index (χ0) is 13.8. The number of alkyl halides is 3. The molecule has 1 rings (SSSR count). The summed E-state index contributed by atoms with van der Waals surface area (Å²) >= 11 is 0. The molecule has 3 nitrogen and oxygen atoms in total. The summed E-state index contributed by atoms with van der Waals surface area (Å²) in [6.07, 6.45) is -5.71. The van der Waals surface area contributed by atoms with Crippen molar-refractivity contribution in [2.24, 2.45) is 0 Å². The van der Waals surface area contributed by atoms with Crippen LogP contribution in [-0.4, -0.2) is 24.7 Å². The SMILES string of the molecule is C[C@@H](Oc1ccccc1F)C(=O)NCC(F)(F)F. The second-order valence-corrected chi connectivity index (χ2v) is 3.52. The van der Waals surface area contributed by atoms with E-state index < -0.39 is 30.5 Å². The molecule has 0 saturated carbocycles. The summed E-state index contributed by atoms with van der Waals surface area (Å²) in [7, 11) is 0. The fourth-order valence-corrected chi connectivity index (χ4v) is 1.12. The summed E-state index contributed by atoms with van der Waals surface area (Å²) < 4.78 is 53.6. The number of hydrogen-bond acceptors (Lipinski definition) is 2. The van der Waals surface area contributed by atoms with Gasteiger partial charge in [0.15, 0.2) is 17.7 Å². The first-order valence-corrected chi connectivity index (χ1v) is 5.05. The van der Waals surface area contributed by atoms with Crippen molar-refractivity contribution in [3.8, 4) is 5.75 Å². The minimum Gasteiger partial charge on any atom is -0.478 e. The molecule has 1 aromatic carbocycles. The molecule has 0 radical (unpaired) electrons. The second-order valence-electron chi connectivity index (χ2n) is 3.52. The van der Waals surface area contributed by atoms with Crippen LogP contribution in [0.4, 0.5) is 17.6 Å². The van der Waals surface area contributed by atoms with Gasteiger partial charge >= 0.3 is 6.18 Å². The van der Waals surface area contributed by atoms with Crippen LogP contribution in [0.3, 0.4) is 0 Å². The maximum absolute atomic E-state index is 13.2. The van der Waals surface area contributed by atoms with Gasteiger partial charge in [-0.25, -0.2) is 4.39 Å². The van der Waals surface area contributed by atoms with E-state index in [0.29, 0.717) is 0 Å². The standard InChI is InChI=1S/C11H11F4NO2/c1-7(10(17)16-6-11(13,14)15)18-9-5-3-2-4-8(9)12/h2-5,7H,6H2,1H3,(H,16,17)/t7-/m1/s1. The van der Waals surface area contributed by atoms with Crippen LogP contribution >= 0.6 is 0 Å². The highest BCUT2D eigenvalue weighted by molar-refractivity contribution is 5.80. The van der Waals surface area contributed by atoms with Gasteiger partial charge in [-0.3, -0.25) is 4.79 Å². The molecule has 18 heavy (non-hydrogen) atoms. The Kier molecular flexibility index (Phi) is 4.52. The molecular formula is C11H11F4NO2. The van der Waals surface area contributed by atoms with Crippen LogP contribution in [0.5, 0.6) is 5.75 Å². The van der Waals surface area contributed by atoms with Gasteiger partial charge in [-0.15, -0.1) is 0 Å². The number of nitrogens with one attached hydrogen (secondary N) is 1. The van der Waals surface area contributed by atoms with Gasteiger partial charge in [0.2, 0.25) is 0 Å².